The highest BCUT2D eigenvalue weighted by molar-refractivity contribution is 5.55. The minimum atomic E-state index is -4.42. The summed E-state index contributed by atoms with van der Waals surface area (Å²) in [4.78, 5) is 8.56. The fraction of sp³-hybridized carbons (Fsp3) is 0.600. The summed E-state index contributed by atoms with van der Waals surface area (Å²) in [7, 11) is 0. The van der Waals surface area contributed by atoms with Crippen LogP contribution < -0.4 is 0 Å². The van der Waals surface area contributed by atoms with Crippen molar-refractivity contribution in [3.63, 3.8) is 0 Å². The molecule has 0 spiro atoms. The third-order valence-corrected chi connectivity index (χ3v) is 4.83. The van der Waals surface area contributed by atoms with Gasteiger partial charge in [-0.3, -0.25) is 9.80 Å². The van der Waals surface area contributed by atoms with Gasteiger partial charge in [-0.2, -0.15) is 18.2 Å². The van der Waals surface area contributed by atoms with Crippen LogP contribution in [0.4, 0.5) is 13.2 Å². The molecule has 1 aliphatic heterocycles. The number of halogens is 3. The topological polar surface area (TPSA) is 74.9 Å². The summed E-state index contributed by atoms with van der Waals surface area (Å²) in [5.41, 5.74) is -0.481. The molecule has 166 valence electrons. The summed E-state index contributed by atoms with van der Waals surface area (Å²) in [6.45, 7) is 8.26. The number of hydrogen-bond donors (Lipinski definition) is 1. The van der Waals surface area contributed by atoms with E-state index in [0.29, 0.717) is 25.6 Å². The summed E-state index contributed by atoms with van der Waals surface area (Å²) in [6, 6.07) is 4.88. The molecule has 10 heteroatoms. The first-order chi connectivity index (χ1) is 14.2. The molecule has 7 nitrogen and oxygen atoms in total. The van der Waals surface area contributed by atoms with Gasteiger partial charge in [0.2, 0.25) is 11.7 Å². The minimum absolute atomic E-state index is 0.0896. The second kappa shape index (κ2) is 9.86. The van der Waals surface area contributed by atoms with E-state index in [1.165, 1.54) is 12.1 Å². The van der Waals surface area contributed by atoms with Crippen LogP contribution in [0.5, 0.6) is 0 Å². The van der Waals surface area contributed by atoms with Gasteiger partial charge in [0.1, 0.15) is 0 Å². The van der Waals surface area contributed by atoms with Gasteiger partial charge in [0.25, 0.3) is 0 Å². The largest absolute Gasteiger partial charge is 0.416 e. The molecule has 3 rings (SSSR count). The maximum atomic E-state index is 12.9. The number of piperazine rings is 1. The van der Waals surface area contributed by atoms with Crippen molar-refractivity contribution in [3.8, 4) is 11.4 Å². The fourth-order valence-electron chi connectivity index (χ4n) is 3.25. The van der Waals surface area contributed by atoms with Gasteiger partial charge in [0.05, 0.1) is 30.9 Å². The van der Waals surface area contributed by atoms with Crippen LogP contribution in [0.15, 0.2) is 28.8 Å². The van der Waals surface area contributed by atoms with Crippen molar-refractivity contribution in [3.05, 3.63) is 35.7 Å². The highest BCUT2D eigenvalue weighted by Crippen LogP contribution is 2.31. The summed E-state index contributed by atoms with van der Waals surface area (Å²) in [6.07, 6.45) is -4.85. The van der Waals surface area contributed by atoms with E-state index in [1.54, 1.807) is 0 Å². The third kappa shape index (κ3) is 6.49. The van der Waals surface area contributed by atoms with Crippen molar-refractivity contribution in [1.82, 2.24) is 19.9 Å². The van der Waals surface area contributed by atoms with Crippen molar-refractivity contribution in [2.45, 2.75) is 38.8 Å². The Bertz CT molecular complexity index is 805. The number of nitrogens with zero attached hydrogens (tertiary/aromatic N) is 4. The van der Waals surface area contributed by atoms with E-state index < -0.39 is 17.8 Å². The maximum absolute atomic E-state index is 12.9. The molecule has 30 heavy (non-hydrogen) atoms. The van der Waals surface area contributed by atoms with Crippen LogP contribution in [0.2, 0.25) is 0 Å². The zero-order valence-electron chi connectivity index (χ0n) is 17.1. The van der Waals surface area contributed by atoms with Gasteiger partial charge in [-0.15, -0.1) is 0 Å². The van der Waals surface area contributed by atoms with E-state index in [2.05, 4.69) is 19.9 Å². The van der Waals surface area contributed by atoms with Crippen LogP contribution in [0.25, 0.3) is 11.4 Å². The average Bonchev–Trinajstić information content (AvgIpc) is 3.16. The molecular formula is C20H27F3N4O3. The van der Waals surface area contributed by atoms with E-state index in [1.807, 2.05) is 13.8 Å². The standard InChI is InChI=1S/C20H27F3N4O3/c1-14(2)29-13-17(28)11-26-6-8-27(9-7-26)12-18-24-19(25-30-18)15-4-3-5-16(10-15)20(21,22)23/h3-5,10,14,17,28H,6-9,11-13H2,1-2H3. The lowest BCUT2D eigenvalue weighted by Gasteiger charge is -2.34. The van der Waals surface area contributed by atoms with Crippen LogP contribution in [-0.4, -0.2) is 76.6 Å². The molecule has 1 aromatic heterocycles. The summed E-state index contributed by atoms with van der Waals surface area (Å²) < 4.78 is 49.3. The number of ether oxygens (including phenoxy) is 1. The number of aliphatic hydroxyl groups excluding tert-OH is 1. The second-order valence-corrected chi connectivity index (χ2v) is 7.70. The van der Waals surface area contributed by atoms with Crippen LogP contribution in [0.3, 0.4) is 0 Å². The molecular weight excluding hydrogens is 401 g/mol. The lowest BCUT2D eigenvalue weighted by molar-refractivity contribution is -0.137. The average molecular weight is 428 g/mol. The molecule has 1 fully saturated rings. The second-order valence-electron chi connectivity index (χ2n) is 7.70. The van der Waals surface area contributed by atoms with Crippen molar-refractivity contribution in [1.29, 1.82) is 0 Å². The maximum Gasteiger partial charge on any atom is 0.416 e. The van der Waals surface area contributed by atoms with Gasteiger partial charge in [-0.1, -0.05) is 17.3 Å². The summed E-state index contributed by atoms with van der Waals surface area (Å²) >= 11 is 0. The van der Waals surface area contributed by atoms with Crippen LogP contribution in [0, 0.1) is 0 Å². The van der Waals surface area contributed by atoms with Crippen molar-refractivity contribution < 1.29 is 27.5 Å². The molecule has 0 aliphatic carbocycles. The number of aliphatic hydroxyl groups is 1. The van der Waals surface area contributed by atoms with E-state index in [-0.39, 0.29) is 17.5 Å². The molecule has 2 heterocycles. The lowest BCUT2D eigenvalue weighted by atomic mass is 10.1. The van der Waals surface area contributed by atoms with E-state index in [0.717, 1.165) is 38.3 Å². The Morgan fingerprint density at radius 3 is 2.53 bits per heavy atom. The van der Waals surface area contributed by atoms with Crippen molar-refractivity contribution >= 4 is 0 Å². The van der Waals surface area contributed by atoms with Crippen molar-refractivity contribution in [2.24, 2.45) is 0 Å². The molecule has 1 aliphatic rings. The van der Waals surface area contributed by atoms with Gasteiger partial charge in [0.15, 0.2) is 0 Å². The van der Waals surface area contributed by atoms with Crippen LogP contribution in [-0.2, 0) is 17.5 Å². The molecule has 0 amide bonds. The number of hydrogen-bond acceptors (Lipinski definition) is 7. The molecule has 1 atom stereocenters. The number of β-amino-alcohol motifs (C(OH)–C–C–N with tert-alkyl or cyclic N) is 1. The molecule has 0 saturated carbocycles. The summed E-state index contributed by atoms with van der Waals surface area (Å²) in [5, 5.41) is 13.9. The molecule has 0 radical (unpaired) electrons. The first kappa shape index (κ1) is 22.7. The predicted molar refractivity (Wildman–Crippen MR) is 104 cm³/mol. The normalized spacial score (nSPS) is 17.6. The minimum Gasteiger partial charge on any atom is -0.389 e. The summed E-state index contributed by atoms with van der Waals surface area (Å²) in [5.74, 6) is 0.504. The Morgan fingerprint density at radius 2 is 1.87 bits per heavy atom. The number of alkyl halides is 3. The lowest BCUT2D eigenvalue weighted by Crippen LogP contribution is -2.48. The number of benzene rings is 1. The molecule has 1 unspecified atom stereocenters. The van der Waals surface area contributed by atoms with E-state index in [9.17, 15) is 18.3 Å². The monoisotopic (exact) mass is 428 g/mol. The van der Waals surface area contributed by atoms with Gasteiger partial charge >= 0.3 is 6.18 Å². The Balaban J connectivity index is 1.49. The quantitative estimate of drug-likeness (QED) is 0.693. The van der Waals surface area contributed by atoms with Crippen molar-refractivity contribution in [2.75, 3.05) is 39.3 Å². The number of rotatable bonds is 8. The van der Waals surface area contributed by atoms with Crippen LogP contribution in [0.1, 0.15) is 25.3 Å². The van der Waals surface area contributed by atoms with Gasteiger partial charge < -0.3 is 14.4 Å². The van der Waals surface area contributed by atoms with Gasteiger partial charge in [-0.05, 0) is 26.0 Å². The van der Waals surface area contributed by atoms with Gasteiger partial charge in [-0.25, -0.2) is 0 Å². The zero-order chi connectivity index (χ0) is 21.7. The first-order valence-electron chi connectivity index (χ1n) is 9.95. The third-order valence-electron chi connectivity index (χ3n) is 4.83. The molecule has 0 bridgehead atoms. The van der Waals surface area contributed by atoms with Crippen LogP contribution >= 0.6 is 0 Å². The smallest absolute Gasteiger partial charge is 0.389 e. The highest BCUT2D eigenvalue weighted by atomic mass is 19.4. The molecule has 1 N–H and O–H groups in total. The Kier molecular flexibility index (Phi) is 7.45. The predicted octanol–water partition coefficient (Wildman–Crippen LogP) is 2.66. The first-order valence-corrected chi connectivity index (χ1v) is 9.95. The van der Waals surface area contributed by atoms with Gasteiger partial charge in [0, 0.05) is 38.3 Å². The zero-order valence-corrected chi connectivity index (χ0v) is 17.1. The highest BCUT2D eigenvalue weighted by Gasteiger charge is 2.31. The molecule has 1 saturated heterocycles. The van der Waals surface area contributed by atoms with E-state index >= 15 is 0 Å². The molecule has 2 aromatic rings. The Labute approximate surface area is 173 Å². The SMILES string of the molecule is CC(C)OCC(O)CN1CCN(Cc2nc(-c3cccc(C(F)(F)F)c3)no2)CC1. The number of aromatic nitrogens is 2. The Hall–Kier alpha value is -2.01. The Morgan fingerprint density at radius 1 is 1.17 bits per heavy atom. The van der Waals surface area contributed by atoms with E-state index in [4.69, 9.17) is 9.26 Å². The molecule has 1 aromatic carbocycles. The fourth-order valence-corrected chi connectivity index (χ4v) is 3.25.